The largest absolute Gasteiger partial charge is 0.345 e. The van der Waals surface area contributed by atoms with Gasteiger partial charge in [-0.25, -0.2) is 4.79 Å². The van der Waals surface area contributed by atoms with E-state index in [2.05, 4.69) is 9.97 Å². The summed E-state index contributed by atoms with van der Waals surface area (Å²) in [5, 5.41) is 0. The van der Waals surface area contributed by atoms with Crippen LogP contribution in [-0.4, -0.2) is 9.97 Å². The molecule has 4 nitrogen and oxygen atoms in total. The molecule has 0 bridgehead atoms. The van der Waals surface area contributed by atoms with Crippen LogP contribution in [0.5, 0.6) is 0 Å². The highest BCUT2D eigenvalue weighted by atomic mass is 16.1. The molecule has 0 radical (unpaired) electrons. The average molecular weight is 207 g/mol. The summed E-state index contributed by atoms with van der Waals surface area (Å²) in [4.78, 5) is 18.1. The highest BCUT2D eigenvalue weighted by molar-refractivity contribution is 5.19. The molecule has 1 atom stereocenters. The van der Waals surface area contributed by atoms with Crippen LogP contribution in [0.4, 0.5) is 0 Å². The summed E-state index contributed by atoms with van der Waals surface area (Å²) >= 11 is 0. The van der Waals surface area contributed by atoms with Crippen molar-refractivity contribution in [2.24, 2.45) is 11.7 Å². The summed E-state index contributed by atoms with van der Waals surface area (Å²) in [6, 6.07) is 1.80. The normalized spacial score (nSPS) is 18.1. The second-order valence-electron chi connectivity index (χ2n) is 4.61. The first-order valence-corrected chi connectivity index (χ1v) is 5.44. The minimum absolute atomic E-state index is 0.148. The van der Waals surface area contributed by atoms with Crippen molar-refractivity contribution in [3.8, 4) is 0 Å². The van der Waals surface area contributed by atoms with Gasteiger partial charge in [0.1, 0.15) is 0 Å². The second kappa shape index (κ2) is 3.77. The Bertz CT molecular complexity index is 407. The molecular formula is C11H17N3O. The van der Waals surface area contributed by atoms with Gasteiger partial charge in [0.05, 0.1) is 5.69 Å². The number of hydrogen-bond acceptors (Lipinski definition) is 3. The Hall–Kier alpha value is -1.16. The first-order chi connectivity index (χ1) is 7.08. The molecule has 1 fully saturated rings. The Morgan fingerprint density at radius 3 is 2.73 bits per heavy atom. The van der Waals surface area contributed by atoms with Gasteiger partial charge in [-0.15, -0.1) is 0 Å². The fourth-order valence-corrected chi connectivity index (χ4v) is 1.62. The van der Waals surface area contributed by atoms with Crippen LogP contribution >= 0.6 is 0 Å². The number of nitrogens with zero attached hydrogens (tertiary/aromatic N) is 1. The predicted molar refractivity (Wildman–Crippen MR) is 58.6 cm³/mol. The number of rotatable bonds is 3. The van der Waals surface area contributed by atoms with Gasteiger partial charge >= 0.3 is 5.69 Å². The summed E-state index contributed by atoms with van der Waals surface area (Å²) in [7, 11) is 0. The summed E-state index contributed by atoms with van der Waals surface area (Å²) in [5.41, 5.74) is 7.43. The first-order valence-electron chi connectivity index (χ1n) is 5.44. The minimum Gasteiger partial charge on any atom is -0.322 e. The van der Waals surface area contributed by atoms with Crippen molar-refractivity contribution in [1.82, 2.24) is 9.97 Å². The smallest absolute Gasteiger partial charge is 0.322 e. The Kier molecular flexibility index (Phi) is 2.61. The Balaban J connectivity index is 2.34. The molecule has 1 heterocycles. The quantitative estimate of drug-likeness (QED) is 0.784. The second-order valence-corrected chi connectivity index (χ2v) is 4.61. The van der Waals surface area contributed by atoms with Crippen LogP contribution in [0.15, 0.2) is 10.9 Å². The van der Waals surface area contributed by atoms with Crippen molar-refractivity contribution < 1.29 is 0 Å². The third-order valence-corrected chi connectivity index (χ3v) is 2.86. The number of aromatic amines is 1. The number of nitrogens with one attached hydrogen (secondary N) is 1. The predicted octanol–water partition coefficient (Wildman–Crippen LogP) is 1.30. The zero-order valence-corrected chi connectivity index (χ0v) is 9.16. The van der Waals surface area contributed by atoms with Crippen molar-refractivity contribution >= 4 is 0 Å². The van der Waals surface area contributed by atoms with Crippen LogP contribution in [0.3, 0.4) is 0 Å². The zero-order valence-electron chi connectivity index (χ0n) is 9.16. The maximum atomic E-state index is 11.3. The summed E-state index contributed by atoms with van der Waals surface area (Å²) in [5.74, 6) is 0.824. The summed E-state index contributed by atoms with van der Waals surface area (Å²) < 4.78 is 0. The Morgan fingerprint density at radius 2 is 2.20 bits per heavy atom. The summed E-state index contributed by atoms with van der Waals surface area (Å²) in [6.07, 6.45) is 2.33. The van der Waals surface area contributed by atoms with Crippen molar-refractivity contribution in [2.75, 3.05) is 0 Å². The van der Waals surface area contributed by atoms with E-state index in [1.165, 1.54) is 0 Å². The number of H-pyrrole nitrogens is 1. The van der Waals surface area contributed by atoms with Gasteiger partial charge in [0, 0.05) is 11.7 Å². The lowest BCUT2D eigenvalue weighted by Crippen LogP contribution is -2.23. The lowest BCUT2D eigenvalue weighted by molar-refractivity contribution is 0.500. The van der Waals surface area contributed by atoms with E-state index < -0.39 is 0 Å². The van der Waals surface area contributed by atoms with Gasteiger partial charge in [0.15, 0.2) is 0 Å². The monoisotopic (exact) mass is 207 g/mol. The minimum atomic E-state index is -0.273. The van der Waals surface area contributed by atoms with Crippen molar-refractivity contribution in [3.63, 3.8) is 0 Å². The van der Waals surface area contributed by atoms with E-state index in [-0.39, 0.29) is 11.7 Å². The average Bonchev–Trinajstić information content (AvgIpc) is 2.98. The van der Waals surface area contributed by atoms with E-state index in [4.69, 9.17) is 5.73 Å². The number of nitrogens with two attached hydrogens (primary N) is 1. The van der Waals surface area contributed by atoms with Gasteiger partial charge in [-0.05, 0) is 30.7 Å². The molecule has 0 saturated heterocycles. The van der Waals surface area contributed by atoms with Crippen LogP contribution < -0.4 is 11.4 Å². The van der Waals surface area contributed by atoms with Gasteiger partial charge in [-0.1, -0.05) is 13.8 Å². The van der Waals surface area contributed by atoms with Gasteiger partial charge in [0.2, 0.25) is 0 Å². The third kappa shape index (κ3) is 2.26. The van der Waals surface area contributed by atoms with E-state index in [0.717, 1.165) is 24.2 Å². The van der Waals surface area contributed by atoms with Crippen LogP contribution in [0.1, 0.15) is 50.0 Å². The van der Waals surface area contributed by atoms with Crippen LogP contribution in [0, 0.1) is 5.92 Å². The lowest BCUT2D eigenvalue weighted by atomic mass is 10.0. The standard InChI is InChI=1S/C11H17N3O/c1-6(2)10(12)9-5-8(7-3-4-7)13-11(15)14-9/h5-7,10H,3-4,12H2,1-2H3,(H,13,14,15). The van der Waals surface area contributed by atoms with Crippen molar-refractivity contribution in [1.29, 1.82) is 0 Å². The lowest BCUT2D eigenvalue weighted by Gasteiger charge is -2.15. The van der Waals surface area contributed by atoms with Crippen molar-refractivity contribution in [2.45, 2.75) is 38.6 Å². The highest BCUT2D eigenvalue weighted by Gasteiger charge is 2.26. The molecule has 1 aliphatic carbocycles. The van der Waals surface area contributed by atoms with Gasteiger partial charge in [-0.3, -0.25) is 0 Å². The molecule has 15 heavy (non-hydrogen) atoms. The third-order valence-electron chi connectivity index (χ3n) is 2.86. The van der Waals surface area contributed by atoms with E-state index in [1.807, 2.05) is 19.9 Å². The topological polar surface area (TPSA) is 71.8 Å². The molecular weight excluding hydrogens is 190 g/mol. The molecule has 0 amide bonds. The molecule has 82 valence electrons. The first kappa shape index (κ1) is 10.4. The Morgan fingerprint density at radius 1 is 1.53 bits per heavy atom. The zero-order chi connectivity index (χ0) is 11.0. The molecule has 0 aromatic carbocycles. The fourth-order valence-electron chi connectivity index (χ4n) is 1.62. The molecule has 3 N–H and O–H groups in total. The Labute approximate surface area is 88.9 Å². The molecule has 1 unspecified atom stereocenters. The van der Waals surface area contributed by atoms with E-state index >= 15 is 0 Å². The molecule has 1 saturated carbocycles. The molecule has 1 aromatic heterocycles. The SMILES string of the molecule is CC(C)C(N)c1cc(C2CC2)[nH]c(=O)n1. The van der Waals surface area contributed by atoms with Crippen LogP contribution in [-0.2, 0) is 0 Å². The maximum Gasteiger partial charge on any atom is 0.345 e. The fraction of sp³-hybridized carbons (Fsp3) is 0.636. The van der Waals surface area contributed by atoms with Gasteiger partial charge in [-0.2, -0.15) is 4.98 Å². The van der Waals surface area contributed by atoms with E-state index in [9.17, 15) is 4.79 Å². The van der Waals surface area contributed by atoms with Crippen molar-refractivity contribution in [3.05, 3.63) is 27.9 Å². The van der Waals surface area contributed by atoms with Gasteiger partial charge < -0.3 is 10.7 Å². The molecule has 0 aliphatic heterocycles. The molecule has 2 rings (SSSR count). The summed E-state index contributed by atoms with van der Waals surface area (Å²) in [6.45, 7) is 4.06. The highest BCUT2D eigenvalue weighted by Crippen LogP contribution is 2.38. The molecule has 4 heteroatoms. The molecule has 1 aliphatic rings. The van der Waals surface area contributed by atoms with Crippen LogP contribution in [0.2, 0.25) is 0 Å². The van der Waals surface area contributed by atoms with E-state index in [1.54, 1.807) is 0 Å². The number of aromatic nitrogens is 2. The maximum absolute atomic E-state index is 11.3. The molecule has 1 aromatic rings. The molecule has 0 spiro atoms. The number of hydrogen-bond donors (Lipinski definition) is 2. The van der Waals surface area contributed by atoms with E-state index in [0.29, 0.717) is 11.8 Å². The van der Waals surface area contributed by atoms with Gasteiger partial charge in [0.25, 0.3) is 0 Å². The van der Waals surface area contributed by atoms with Crippen LogP contribution in [0.25, 0.3) is 0 Å².